The Morgan fingerprint density at radius 3 is 2.55 bits per heavy atom. The Labute approximate surface area is 224 Å². The lowest BCUT2D eigenvalue weighted by Gasteiger charge is -2.37. The van der Waals surface area contributed by atoms with Gasteiger partial charge in [0.25, 0.3) is 5.91 Å². The molecule has 3 heterocycles. The van der Waals surface area contributed by atoms with Crippen molar-refractivity contribution in [1.29, 1.82) is 0 Å². The molecule has 4 rings (SSSR count). The highest BCUT2D eigenvalue weighted by molar-refractivity contribution is 6.04. The van der Waals surface area contributed by atoms with Gasteiger partial charge in [-0.1, -0.05) is 18.7 Å². The number of esters is 1. The molecule has 2 bridgehead atoms. The van der Waals surface area contributed by atoms with Gasteiger partial charge in [0.15, 0.2) is 0 Å². The van der Waals surface area contributed by atoms with Crippen LogP contribution in [-0.2, 0) is 23.9 Å². The minimum atomic E-state index is -1.14. The molecule has 0 radical (unpaired) electrons. The third kappa shape index (κ3) is 4.62. The van der Waals surface area contributed by atoms with Crippen molar-refractivity contribution in [3.8, 4) is 5.75 Å². The summed E-state index contributed by atoms with van der Waals surface area (Å²) in [5.74, 6) is -2.01. The van der Waals surface area contributed by atoms with Gasteiger partial charge in [0.1, 0.15) is 29.9 Å². The second-order valence-electron chi connectivity index (χ2n) is 10.4. The summed E-state index contributed by atoms with van der Waals surface area (Å²) in [5.41, 5.74) is -1.39. The number of benzene rings is 1. The summed E-state index contributed by atoms with van der Waals surface area (Å²) in [4.78, 5) is 44.9. The minimum Gasteiger partial charge on any atom is -0.497 e. The fourth-order valence-corrected chi connectivity index (χ4v) is 6.47. The normalized spacial score (nSPS) is 29.2. The zero-order valence-electron chi connectivity index (χ0n) is 22.3. The zero-order valence-corrected chi connectivity index (χ0v) is 22.3. The van der Waals surface area contributed by atoms with E-state index in [-0.39, 0.29) is 31.6 Å². The Bertz CT molecular complexity index is 1070. The largest absolute Gasteiger partial charge is 0.497 e. The first-order chi connectivity index (χ1) is 18.3. The van der Waals surface area contributed by atoms with Gasteiger partial charge < -0.3 is 29.1 Å². The fraction of sp³-hybridized carbons (Fsp3) is 0.552. The smallest absolute Gasteiger partial charge is 0.313 e. The van der Waals surface area contributed by atoms with Crippen LogP contribution in [0.5, 0.6) is 5.75 Å². The highest BCUT2D eigenvalue weighted by Gasteiger charge is 2.78. The number of aliphatic hydroxyl groups excluding tert-OH is 1. The maximum absolute atomic E-state index is 14.4. The quantitative estimate of drug-likeness (QED) is 0.239. The highest BCUT2D eigenvalue weighted by Crippen LogP contribution is 2.63. The van der Waals surface area contributed by atoms with Crippen LogP contribution in [-0.4, -0.2) is 78.4 Å². The van der Waals surface area contributed by atoms with Crippen LogP contribution >= 0.6 is 0 Å². The molecule has 0 saturated carbocycles. The van der Waals surface area contributed by atoms with Crippen LogP contribution in [0.1, 0.15) is 39.0 Å². The van der Waals surface area contributed by atoms with E-state index >= 15 is 0 Å². The number of ether oxygens (including phenoxy) is 3. The zero-order chi connectivity index (χ0) is 27.5. The first kappa shape index (κ1) is 27.9. The standard InChI is InChI=1S/C29H38N2O7/c1-5-16-30(20-10-12-21(36-4)13-11-20)26(34)24-29-15-14-28(3,38-29)23(27(35)37-19-6-2)22(29)25(33)31(24)17-8-7-9-18-32/h5-6,10-13,22-24,32H,1-2,7-9,14-19H2,3-4H3/t22-,23+,24?,28-,29?/m0/s1. The van der Waals surface area contributed by atoms with Gasteiger partial charge in [0, 0.05) is 25.4 Å². The van der Waals surface area contributed by atoms with E-state index in [2.05, 4.69) is 13.2 Å². The molecule has 206 valence electrons. The van der Waals surface area contributed by atoms with Crippen LogP contribution in [0.25, 0.3) is 0 Å². The number of carbonyl (C=O) groups is 3. The molecule has 2 amide bonds. The van der Waals surface area contributed by atoms with Crippen LogP contribution in [0, 0.1) is 11.8 Å². The van der Waals surface area contributed by atoms with E-state index in [1.54, 1.807) is 47.3 Å². The van der Waals surface area contributed by atoms with Crippen molar-refractivity contribution in [3.05, 3.63) is 49.6 Å². The number of unbranched alkanes of at least 4 members (excludes halogenated alkanes) is 2. The number of rotatable bonds is 13. The molecule has 2 unspecified atom stereocenters. The maximum atomic E-state index is 14.4. The van der Waals surface area contributed by atoms with E-state index in [1.807, 2.05) is 6.92 Å². The van der Waals surface area contributed by atoms with Crippen molar-refractivity contribution >= 4 is 23.5 Å². The van der Waals surface area contributed by atoms with Crippen LogP contribution < -0.4 is 9.64 Å². The van der Waals surface area contributed by atoms with Crippen LogP contribution in [0.3, 0.4) is 0 Å². The van der Waals surface area contributed by atoms with E-state index in [1.165, 1.54) is 6.08 Å². The van der Waals surface area contributed by atoms with Gasteiger partial charge in [-0.15, -0.1) is 6.58 Å². The molecule has 0 aromatic heterocycles. The molecule has 3 aliphatic rings. The first-order valence-electron chi connectivity index (χ1n) is 13.2. The summed E-state index contributed by atoms with van der Waals surface area (Å²) >= 11 is 0. The SMILES string of the molecule is C=CCOC(=O)[C@H]1[C@H]2C(=O)N(CCCCCO)C(C(=O)N(CC=C)c3ccc(OC)cc3)C23CC[C@]1(C)O3. The molecular weight excluding hydrogens is 488 g/mol. The molecule has 1 spiro atoms. The molecule has 9 heteroatoms. The minimum absolute atomic E-state index is 0.0388. The number of aliphatic hydroxyl groups is 1. The van der Waals surface area contributed by atoms with Crippen molar-refractivity contribution < 1.29 is 33.7 Å². The number of hydrogen-bond acceptors (Lipinski definition) is 7. The van der Waals surface area contributed by atoms with E-state index < -0.39 is 35.0 Å². The number of amides is 2. The van der Waals surface area contributed by atoms with Gasteiger partial charge in [-0.2, -0.15) is 0 Å². The second-order valence-corrected chi connectivity index (χ2v) is 10.4. The second kappa shape index (κ2) is 11.3. The van der Waals surface area contributed by atoms with E-state index in [4.69, 9.17) is 14.2 Å². The summed E-state index contributed by atoms with van der Waals surface area (Å²) < 4.78 is 17.3. The summed E-state index contributed by atoms with van der Waals surface area (Å²) in [5, 5.41) is 9.22. The van der Waals surface area contributed by atoms with Gasteiger partial charge in [-0.3, -0.25) is 14.4 Å². The van der Waals surface area contributed by atoms with Crippen molar-refractivity contribution in [2.45, 2.75) is 56.3 Å². The first-order valence-corrected chi connectivity index (χ1v) is 13.2. The molecule has 3 saturated heterocycles. The summed E-state index contributed by atoms with van der Waals surface area (Å²) in [7, 11) is 1.57. The number of nitrogens with zero attached hydrogens (tertiary/aromatic N) is 2. The number of carbonyl (C=O) groups excluding carboxylic acids is 3. The molecule has 5 atom stereocenters. The molecular formula is C29H38N2O7. The third-order valence-electron chi connectivity index (χ3n) is 8.13. The summed E-state index contributed by atoms with van der Waals surface area (Å²) in [6, 6.07) is 6.23. The fourth-order valence-electron chi connectivity index (χ4n) is 6.47. The summed E-state index contributed by atoms with van der Waals surface area (Å²) in [6.07, 6.45) is 6.08. The monoisotopic (exact) mass is 526 g/mol. The molecule has 1 aromatic carbocycles. The lowest BCUT2D eigenvalue weighted by atomic mass is 9.66. The van der Waals surface area contributed by atoms with Crippen LogP contribution in [0.4, 0.5) is 5.69 Å². The average molecular weight is 527 g/mol. The van der Waals surface area contributed by atoms with Crippen molar-refractivity contribution in [3.63, 3.8) is 0 Å². The number of hydrogen-bond donors (Lipinski definition) is 1. The third-order valence-corrected chi connectivity index (χ3v) is 8.13. The molecule has 38 heavy (non-hydrogen) atoms. The van der Waals surface area contributed by atoms with Gasteiger partial charge >= 0.3 is 5.97 Å². The molecule has 1 aromatic rings. The Kier molecular flexibility index (Phi) is 8.28. The average Bonchev–Trinajstić information content (AvgIpc) is 3.48. The van der Waals surface area contributed by atoms with Crippen molar-refractivity contribution in [1.82, 2.24) is 4.90 Å². The highest BCUT2D eigenvalue weighted by atomic mass is 16.6. The number of fused-ring (bicyclic) bond motifs is 1. The van der Waals surface area contributed by atoms with Crippen molar-refractivity contribution in [2.75, 3.05) is 38.3 Å². The molecule has 0 aliphatic carbocycles. The van der Waals surface area contributed by atoms with Crippen LogP contribution in [0.2, 0.25) is 0 Å². The predicted octanol–water partition coefficient (Wildman–Crippen LogP) is 2.87. The Hall–Kier alpha value is -3.17. The number of methoxy groups -OCH3 is 1. The number of anilines is 1. The topological polar surface area (TPSA) is 106 Å². The number of likely N-dealkylation sites (tertiary alicyclic amines) is 1. The van der Waals surface area contributed by atoms with Crippen molar-refractivity contribution in [2.24, 2.45) is 11.8 Å². The van der Waals surface area contributed by atoms with Gasteiger partial charge in [-0.05, 0) is 63.3 Å². The van der Waals surface area contributed by atoms with E-state index in [0.29, 0.717) is 50.1 Å². The predicted molar refractivity (Wildman–Crippen MR) is 142 cm³/mol. The molecule has 3 fully saturated rings. The van der Waals surface area contributed by atoms with Gasteiger partial charge in [0.05, 0.1) is 18.6 Å². The Morgan fingerprint density at radius 2 is 1.92 bits per heavy atom. The molecule has 3 aliphatic heterocycles. The van der Waals surface area contributed by atoms with Gasteiger partial charge in [-0.25, -0.2) is 0 Å². The Balaban J connectivity index is 1.74. The molecule has 1 N–H and O–H groups in total. The molecule has 9 nitrogen and oxygen atoms in total. The Morgan fingerprint density at radius 1 is 1.18 bits per heavy atom. The van der Waals surface area contributed by atoms with Gasteiger partial charge in [0.2, 0.25) is 5.91 Å². The summed E-state index contributed by atoms with van der Waals surface area (Å²) in [6.45, 7) is 9.94. The van der Waals surface area contributed by atoms with E-state index in [0.717, 1.165) is 0 Å². The lowest BCUT2D eigenvalue weighted by molar-refractivity contribution is -0.158. The lowest BCUT2D eigenvalue weighted by Crippen LogP contribution is -2.56. The van der Waals surface area contributed by atoms with Crippen LogP contribution in [0.15, 0.2) is 49.6 Å². The van der Waals surface area contributed by atoms with E-state index in [9.17, 15) is 19.5 Å². The maximum Gasteiger partial charge on any atom is 0.313 e.